The number of carbonyl (C=O) groups excluding carboxylic acids is 1. The fraction of sp³-hybridized carbons (Fsp3) is 0.938. The van der Waals surface area contributed by atoms with Crippen molar-refractivity contribution in [3.8, 4) is 0 Å². The molecular formula is C16H31N3O. The zero-order valence-electron chi connectivity index (χ0n) is 13.2. The van der Waals surface area contributed by atoms with E-state index in [1.54, 1.807) is 0 Å². The van der Waals surface area contributed by atoms with Crippen LogP contribution in [-0.2, 0) is 4.79 Å². The first-order chi connectivity index (χ1) is 9.57. The van der Waals surface area contributed by atoms with E-state index in [0.717, 1.165) is 38.9 Å². The smallest absolute Gasteiger partial charge is 0.223 e. The SMILES string of the molecule is CC(C)(CN1CCCCC1)NC(=O)[C@@H]1CCCNCC1. The van der Waals surface area contributed by atoms with Gasteiger partial charge < -0.3 is 15.5 Å². The highest BCUT2D eigenvalue weighted by Crippen LogP contribution is 2.17. The van der Waals surface area contributed by atoms with Gasteiger partial charge in [-0.2, -0.15) is 0 Å². The minimum Gasteiger partial charge on any atom is -0.350 e. The Bertz CT molecular complexity index is 303. The highest BCUT2D eigenvalue weighted by atomic mass is 16.2. The summed E-state index contributed by atoms with van der Waals surface area (Å²) in [4.78, 5) is 14.9. The van der Waals surface area contributed by atoms with Crippen molar-refractivity contribution in [2.45, 2.75) is 57.9 Å². The lowest BCUT2D eigenvalue weighted by Crippen LogP contribution is -2.53. The quantitative estimate of drug-likeness (QED) is 0.825. The van der Waals surface area contributed by atoms with E-state index < -0.39 is 0 Å². The number of piperidine rings is 1. The van der Waals surface area contributed by atoms with Crippen molar-refractivity contribution < 1.29 is 4.79 Å². The van der Waals surface area contributed by atoms with Crippen molar-refractivity contribution in [1.29, 1.82) is 0 Å². The zero-order chi connectivity index (χ0) is 14.4. The van der Waals surface area contributed by atoms with Crippen molar-refractivity contribution in [3.63, 3.8) is 0 Å². The van der Waals surface area contributed by atoms with E-state index in [0.29, 0.717) is 0 Å². The Kier molecular flexibility index (Phi) is 5.85. The lowest BCUT2D eigenvalue weighted by molar-refractivity contribution is -0.127. The van der Waals surface area contributed by atoms with Gasteiger partial charge in [-0.3, -0.25) is 4.79 Å². The van der Waals surface area contributed by atoms with Crippen LogP contribution >= 0.6 is 0 Å². The molecule has 4 heteroatoms. The third-order valence-corrected chi connectivity index (χ3v) is 4.48. The average Bonchev–Trinajstić information content (AvgIpc) is 2.67. The summed E-state index contributed by atoms with van der Waals surface area (Å²) in [5.74, 6) is 0.460. The molecular weight excluding hydrogens is 250 g/mol. The molecule has 0 saturated carbocycles. The maximum Gasteiger partial charge on any atom is 0.223 e. The molecule has 2 aliphatic rings. The van der Waals surface area contributed by atoms with Gasteiger partial charge in [-0.15, -0.1) is 0 Å². The van der Waals surface area contributed by atoms with Crippen LogP contribution < -0.4 is 10.6 Å². The second-order valence-electron chi connectivity index (χ2n) is 7.09. The fourth-order valence-corrected chi connectivity index (χ4v) is 3.43. The Hall–Kier alpha value is -0.610. The minimum absolute atomic E-state index is 0.117. The van der Waals surface area contributed by atoms with E-state index in [4.69, 9.17) is 0 Å². The third-order valence-electron chi connectivity index (χ3n) is 4.48. The van der Waals surface area contributed by atoms with Gasteiger partial charge in [0.05, 0.1) is 0 Å². The molecule has 4 nitrogen and oxygen atoms in total. The van der Waals surface area contributed by atoms with Gasteiger partial charge >= 0.3 is 0 Å². The molecule has 0 aromatic carbocycles. The Morgan fingerprint density at radius 2 is 1.90 bits per heavy atom. The topological polar surface area (TPSA) is 44.4 Å². The summed E-state index contributed by atoms with van der Waals surface area (Å²) < 4.78 is 0. The molecule has 116 valence electrons. The molecule has 2 N–H and O–H groups in total. The number of nitrogens with zero attached hydrogens (tertiary/aromatic N) is 1. The second kappa shape index (κ2) is 7.41. The molecule has 1 atom stereocenters. The highest BCUT2D eigenvalue weighted by molar-refractivity contribution is 5.79. The van der Waals surface area contributed by atoms with E-state index in [1.165, 1.54) is 32.4 Å². The number of likely N-dealkylation sites (tertiary alicyclic amines) is 1. The molecule has 0 unspecified atom stereocenters. The first-order valence-electron chi connectivity index (χ1n) is 8.32. The first-order valence-corrected chi connectivity index (χ1v) is 8.32. The molecule has 2 saturated heterocycles. The number of rotatable bonds is 4. The van der Waals surface area contributed by atoms with Crippen LogP contribution in [0.15, 0.2) is 0 Å². The number of amides is 1. The van der Waals surface area contributed by atoms with E-state index in [1.807, 2.05) is 0 Å². The predicted molar refractivity (Wildman–Crippen MR) is 82.7 cm³/mol. The van der Waals surface area contributed by atoms with Crippen LogP contribution in [0.2, 0.25) is 0 Å². The van der Waals surface area contributed by atoms with E-state index in [9.17, 15) is 4.79 Å². The standard InChI is InChI=1S/C16H31N3O/c1-16(2,13-19-11-4-3-5-12-19)18-15(20)14-7-6-9-17-10-8-14/h14,17H,3-13H2,1-2H3,(H,18,20)/t14-/m1/s1. The van der Waals surface area contributed by atoms with E-state index >= 15 is 0 Å². The number of nitrogens with one attached hydrogen (secondary N) is 2. The molecule has 0 aliphatic carbocycles. The van der Waals surface area contributed by atoms with Gasteiger partial charge in [-0.1, -0.05) is 6.42 Å². The summed E-state index contributed by atoms with van der Waals surface area (Å²) in [6, 6.07) is 0. The second-order valence-corrected chi connectivity index (χ2v) is 7.09. The summed E-state index contributed by atoms with van der Waals surface area (Å²) in [7, 11) is 0. The fourth-order valence-electron chi connectivity index (χ4n) is 3.43. The largest absolute Gasteiger partial charge is 0.350 e. The van der Waals surface area contributed by atoms with Crippen LogP contribution in [0.5, 0.6) is 0 Å². The van der Waals surface area contributed by atoms with Crippen molar-refractivity contribution in [3.05, 3.63) is 0 Å². The molecule has 2 aliphatic heterocycles. The number of hydrogen-bond donors (Lipinski definition) is 2. The Morgan fingerprint density at radius 3 is 2.65 bits per heavy atom. The summed E-state index contributed by atoms with van der Waals surface area (Å²) in [6.45, 7) is 9.71. The van der Waals surface area contributed by atoms with Gasteiger partial charge in [-0.25, -0.2) is 0 Å². The maximum atomic E-state index is 12.5. The molecule has 0 spiro atoms. The van der Waals surface area contributed by atoms with Gasteiger partial charge in [0.2, 0.25) is 5.91 Å². The van der Waals surface area contributed by atoms with Gasteiger partial charge in [0, 0.05) is 18.0 Å². The predicted octanol–water partition coefficient (Wildman–Crippen LogP) is 1.76. The van der Waals surface area contributed by atoms with Gasteiger partial charge in [0.25, 0.3) is 0 Å². The molecule has 2 rings (SSSR count). The first kappa shape index (κ1) is 15.8. The molecule has 1 amide bonds. The van der Waals surface area contributed by atoms with Crippen LogP contribution in [0.4, 0.5) is 0 Å². The summed E-state index contributed by atoms with van der Waals surface area (Å²) in [5.41, 5.74) is -0.117. The Balaban J connectivity index is 1.81. The summed E-state index contributed by atoms with van der Waals surface area (Å²) in [5, 5.41) is 6.67. The minimum atomic E-state index is -0.117. The molecule has 20 heavy (non-hydrogen) atoms. The van der Waals surface area contributed by atoms with Crippen molar-refractivity contribution in [2.24, 2.45) is 5.92 Å². The maximum absolute atomic E-state index is 12.5. The van der Waals surface area contributed by atoms with Crippen molar-refractivity contribution >= 4 is 5.91 Å². The molecule has 2 heterocycles. The van der Waals surface area contributed by atoms with Gasteiger partial charge in [0.15, 0.2) is 0 Å². The summed E-state index contributed by atoms with van der Waals surface area (Å²) >= 11 is 0. The van der Waals surface area contributed by atoms with Crippen LogP contribution in [0.1, 0.15) is 52.4 Å². The van der Waals surface area contributed by atoms with Crippen molar-refractivity contribution in [2.75, 3.05) is 32.7 Å². The lowest BCUT2D eigenvalue weighted by atomic mass is 9.96. The average molecular weight is 281 g/mol. The molecule has 0 bridgehead atoms. The number of carbonyl (C=O) groups is 1. The normalized spacial score (nSPS) is 26.0. The van der Waals surface area contributed by atoms with Crippen LogP contribution in [-0.4, -0.2) is 49.1 Å². The lowest BCUT2D eigenvalue weighted by Gasteiger charge is -2.36. The molecule has 2 fully saturated rings. The Morgan fingerprint density at radius 1 is 1.15 bits per heavy atom. The summed E-state index contributed by atoms with van der Waals surface area (Å²) in [6.07, 6.45) is 7.09. The monoisotopic (exact) mass is 281 g/mol. The van der Waals surface area contributed by atoms with Gasteiger partial charge in [-0.05, 0) is 72.1 Å². The van der Waals surface area contributed by atoms with Gasteiger partial charge in [0.1, 0.15) is 0 Å². The highest BCUT2D eigenvalue weighted by Gasteiger charge is 2.28. The van der Waals surface area contributed by atoms with E-state index in [2.05, 4.69) is 29.4 Å². The van der Waals surface area contributed by atoms with Crippen molar-refractivity contribution in [1.82, 2.24) is 15.5 Å². The van der Waals surface area contributed by atoms with Crippen LogP contribution in [0.25, 0.3) is 0 Å². The number of hydrogen-bond acceptors (Lipinski definition) is 3. The molecule has 0 aromatic heterocycles. The van der Waals surface area contributed by atoms with E-state index in [-0.39, 0.29) is 17.4 Å². The Labute approximate surface area is 123 Å². The van der Waals surface area contributed by atoms with Crippen LogP contribution in [0.3, 0.4) is 0 Å². The van der Waals surface area contributed by atoms with Crippen LogP contribution in [0, 0.1) is 5.92 Å². The third kappa shape index (κ3) is 5.06. The molecule has 0 radical (unpaired) electrons. The molecule has 0 aromatic rings. The zero-order valence-corrected chi connectivity index (χ0v) is 13.2.